The van der Waals surface area contributed by atoms with Gasteiger partial charge in [0.2, 0.25) is 0 Å². The van der Waals surface area contributed by atoms with E-state index in [0.29, 0.717) is 0 Å². The Labute approximate surface area is 128 Å². The fourth-order valence-corrected chi connectivity index (χ4v) is 4.09. The van der Waals surface area contributed by atoms with E-state index in [9.17, 15) is 0 Å². The summed E-state index contributed by atoms with van der Waals surface area (Å²) in [6.07, 6.45) is 5.41. The van der Waals surface area contributed by atoms with Crippen molar-refractivity contribution in [2.24, 2.45) is 0 Å². The molecule has 4 N–H and O–H groups in total. The molecular formula is C18H18N2S. The average Bonchev–Trinajstić information content (AvgIpc) is 2.79. The number of fused-ring (bicyclic) bond motifs is 3. The predicted octanol–water partition coefficient (Wildman–Crippen LogP) is 4.68. The summed E-state index contributed by atoms with van der Waals surface area (Å²) >= 11 is 1.74. The van der Waals surface area contributed by atoms with Crippen LogP contribution in [-0.4, -0.2) is 0 Å². The molecule has 0 aliphatic rings. The van der Waals surface area contributed by atoms with Crippen molar-refractivity contribution < 1.29 is 0 Å². The third-order valence-corrected chi connectivity index (χ3v) is 4.84. The molecule has 3 heteroatoms. The number of hydrogen-bond acceptors (Lipinski definition) is 3. The summed E-state index contributed by atoms with van der Waals surface area (Å²) in [5, 5.41) is 2.52. The quantitative estimate of drug-likeness (QED) is 0.542. The van der Waals surface area contributed by atoms with Crippen LogP contribution in [0, 0.1) is 0 Å². The van der Waals surface area contributed by atoms with E-state index < -0.39 is 0 Å². The van der Waals surface area contributed by atoms with Crippen molar-refractivity contribution in [2.75, 3.05) is 11.5 Å². The normalized spacial score (nSPS) is 11.0. The van der Waals surface area contributed by atoms with E-state index in [2.05, 4.69) is 25.3 Å². The number of anilines is 2. The van der Waals surface area contributed by atoms with E-state index in [1.165, 1.54) is 25.7 Å². The van der Waals surface area contributed by atoms with E-state index >= 15 is 0 Å². The van der Waals surface area contributed by atoms with Gasteiger partial charge in [0.25, 0.3) is 0 Å². The van der Waals surface area contributed by atoms with Gasteiger partial charge in [-0.15, -0.1) is 24.5 Å². The van der Waals surface area contributed by atoms with Gasteiger partial charge in [0.15, 0.2) is 0 Å². The molecule has 2 nitrogen and oxygen atoms in total. The lowest BCUT2D eigenvalue weighted by molar-refractivity contribution is 1.18. The highest BCUT2D eigenvalue weighted by atomic mass is 32.1. The van der Waals surface area contributed by atoms with Gasteiger partial charge in [0, 0.05) is 31.5 Å². The van der Waals surface area contributed by atoms with Crippen molar-refractivity contribution >= 4 is 42.9 Å². The maximum absolute atomic E-state index is 6.26. The second-order valence-electron chi connectivity index (χ2n) is 5.14. The highest BCUT2D eigenvalue weighted by Crippen LogP contribution is 2.40. The molecule has 0 aliphatic heterocycles. The molecule has 0 atom stereocenters. The summed E-state index contributed by atoms with van der Waals surface area (Å²) in [6, 6.07) is 8.16. The van der Waals surface area contributed by atoms with Crippen LogP contribution in [0.1, 0.15) is 11.1 Å². The first kappa shape index (κ1) is 13.7. The number of hydrogen-bond donors (Lipinski definition) is 2. The molecule has 21 heavy (non-hydrogen) atoms. The largest absolute Gasteiger partial charge is 0.399 e. The molecule has 2 aromatic carbocycles. The Kier molecular flexibility index (Phi) is 3.43. The fourth-order valence-electron chi connectivity index (χ4n) is 2.85. The average molecular weight is 294 g/mol. The second kappa shape index (κ2) is 5.26. The van der Waals surface area contributed by atoms with Crippen LogP contribution >= 0.6 is 11.3 Å². The van der Waals surface area contributed by atoms with E-state index in [0.717, 1.165) is 29.8 Å². The predicted molar refractivity (Wildman–Crippen MR) is 96.0 cm³/mol. The van der Waals surface area contributed by atoms with Crippen LogP contribution < -0.4 is 11.5 Å². The number of rotatable bonds is 4. The van der Waals surface area contributed by atoms with Crippen LogP contribution in [0.3, 0.4) is 0 Å². The minimum Gasteiger partial charge on any atom is -0.399 e. The molecule has 1 heterocycles. The maximum atomic E-state index is 6.26. The summed E-state index contributed by atoms with van der Waals surface area (Å²) in [6.45, 7) is 7.73. The Morgan fingerprint density at radius 3 is 2.38 bits per heavy atom. The van der Waals surface area contributed by atoms with Crippen molar-refractivity contribution in [3.8, 4) is 0 Å². The number of allylic oxidation sites excluding steroid dienone is 2. The van der Waals surface area contributed by atoms with Crippen LogP contribution in [0.2, 0.25) is 0 Å². The molecule has 0 radical (unpaired) electrons. The molecule has 1 aromatic heterocycles. The number of nitrogens with two attached hydrogens (primary N) is 2. The molecule has 3 rings (SSSR count). The van der Waals surface area contributed by atoms with Crippen molar-refractivity contribution in [3.63, 3.8) is 0 Å². The van der Waals surface area contributed by atoms with Gasteiger partial charge in [0.05, 0.1) is 0 Å². The summed E-state index contributed by atoms with van der Waals surface area (Å²) in [7, 11) is 0. The molecule has 0 amide bonds. The Morgan fingerprint density at radius 2 is 1.67 bits per heavy atom. The first-order valence-electron chi connectivity index (χ1n) is 6.89. The van der Waals surface area contributed by atoms with Crippen LogP contribution in [0.5, 0.6) is 0 Å². The maximum Gasteiger partial charge on any atom is 0.0378 e. The highest BCUT2D eigenvalue weighted by molar-refractivity contribution is 7.25. The van der Waals surface area contributed by atoms with E-state index in [1.807, 2.05) is 24.3 Å². The monoisotopic (exact) mass is 294 g/mol. The molecule has 106 valence electrons. The van der Waals surface area contributed by atoms with Gasteiger partial charge >= 0.3 is 0 Å². The molecule has 0 aliphatic carbocycles. The molecule has 0 unspecified atom stereocenters. The van der Waals surface area contributed by atoms with Crippen LogP contribution in [0.4, 0.5) is 11.4 Å². The van der Waals surface area contributed by atoms with Crippen molar-refractivity contribution in [1.29, 1.82) is 0 Å². The van der Waals surface area contributed by atoms with E-state index in [4.69, 9.17) is 11.5 Å². The van der Waals surface area contributed by atoms with Crippen LogP contribution in [0.15, 0.2) is 49.6 Å². The second-order valence-corrected chi connectivity index (χ2v) is 6.22. The van der Waals surface area contributed by atoms with Gasteiger partial charge in [0.1, 0.15) is 0 Å². The van der Waals surface area contributed by atoms with Crippen molar-refractivity contribution in [1.82, 2.24) is 0 Å². The molecule has 0 saturated heterocycles. The van der Waals surface area contributed by atoms with Crippen LogP contribution in [-0.2, 0) is 12.8 Å². The Hall–Kier alpha value is -2.26. The van der Waals surface area contributed by atoms with E-state index in [-0.39, 0.29) is 0 Å². The molecular weight excluding hydrogens is 276 g/mol. The Morgan fingerprint density at radius 1 is 0.952 bits per heavy atom. The smallest absolute Gasteiger partial charge is 0.0378 e. The highest BCUT2D eigenvalue weighted by Gasteiger charge is 2.15. The first-order valence-corrected chi connectivity index (χ1v) is 7.71. The standard InChI is InChI=1S/C18H18N2S/c1-3-5-12-13(6-4-2)18-14-8-7-11(19)9-16(14)21-17(18)10-15(12)20/h3-4,7-10H,1-2,5-6,19-20H2. The lowest BCUT2D eigenvalue weighted by Crippen LogP contribution is -1.99. The summed E-state index contributed by atoms with van der Waals surface area (Å²) < 4.78 is 2.41. The topological polar surface area (TPSA) is 52.0 Å². The lowest BCUT2D eigenvalue weighted by Gasteiger charge is -2.12. The zero-order chi connectivity index (χ0) is 15.0. The Bertz CT molecular complexity index is 859. The van der Waals surface area contributed by atoms with Gasteiger partial charge in [-0.25, -0.2) is 0 Å². The summed E-state index contributed by atoms with van der Waals surface area (Å²) in [5.74, 6) is 0. The zero-order valence-electron chi connectivity index (χ0n) is 11.9. The van der Waals surface area contributed by atoms with E-state index in [1.54, 1.807) is 11.3 Å². The molecule has 0 fully saturated rings. The van der Waals surface area contributed by atoms with Crippen LogP contribution in [0.25, 0.3) is 20.2 Å². The van der Waals surface area contributed by atoms with Gasteiger partial charge < -0.3 is 11.5 Å². The van der Waals surface area contributed by atoms with Crippen molar-refractivity contribution in [2.45, 2.75) is 12.8 Å². The number of thiophene rings is 1. The minimum atomic E-state index is 0.775. The third kappa shape index (κ3) is 2.20. The lowest BCUT2D eigenvalue weighted by atomic mass is 9.94. The third-order valence-electron chi connectivity index (χ3n) is 3.74. The first-order chi connectivity index (χ1) is 10.2. The van der Waals surface area contributed by atoms with Gasteiger partial charge in [-0.1, -0.05) is 18.2 Å². The number of benzene rings is 2. The molecule has 0 saturated carbocycles. The fraction of sp³-hybridized carbons (Fsp3) is 0.111. The molecule has 0 spiro atoms. The van der Waals surface area contributed by atoms with Crippen molar-refractivity contribution in [3.05, 3.63) is 60.7 Å². The number of nitrogen functional groups attached to an aromatic ring is 2. The zero-order valence-corrected chi connectivity index (χ0v) is 12.7. The van der Waals surface area contributed by atoms with Gasteiger partial charge in [-0.2, -0.15) is 0 Å². The van der Waals surface area contributed by atoms with Gasteiger partial charge in [-0.05, 0) is 42.2 Å². The summed E-state index contributed by atoms with van der Waals surface area (Å²) in [4.78, 5) is 0. The molecule has 3 aromatic rings. The Balaban J connectivity index is 2.46. The summed E-state index contributed by atoms with van der Waals surface area (Å²) in [5.41, 5.74) is 16.2. The molecule has 0 bridgehead atoms. The van der Waals surface area contributed by atoms with Gasteiger partial charge in [-0.3, -0.25) is 0 Å². The SMILES string of the molecule is C=CCc1c(N)cc2sc3cc(N)ccc3c2c1CC=C. The minimum absolute atomic E-state index is 0.775.